The van der Waals surface area contributed by atoms with Gasteiger partial charge in [-0.15, -0.1) is 0 Å². The predicted octanol–water partition coefficient (Wildman–Crippen LogP) is 2.54. The van der Waals surface area contributed by atoms with Gasteiger partial charge in [0.1, 0.15) is 0 Å². The molecule has 1 aromatic rings. The molecule has 2 rings (SSSR count). The van der Waals surface area contributed by atoms with E-state index in [1.165, 1.54) is 0 Å². The first-order valence-electron chi connectivity index (χ1n) is 7.79. The Hall–Kier alpha value is -0.910. The van der Waals surface area contributed by atoms with Gasteiger partial charge in [0.2, 0.25) is 10.0 Å². The Morgan fingerprint density at radius 1 is 1.33 bits per heavy atom. The predicted molar refractivity (Wildman–Crippen MR) is 85.8 cm³/mol. The average molecular weight is 310 g/mol. The van der Waals surface area contributed by atoms with Gasteiger partial charge in [0.25, 0.3) is 0 Å². The van der Waals surface area contributed by atoms with Crippen LogP contribution in [0.2, 0.25) is 0 Å². The van der Waals surface area contributed by atoms with Crippen molar-refractivity contribution in [2.24, 2.45) is 0 Å². The maximum Gasteiger partial charge on any atom is 0.243 e. The van der Waals surface area contributed by atoms with E-state index in [9.17, 15) is 8.42 Å². The summed E-state index contributed by atoms with van der Waals surface area (Å²) >= 11 is 0. The normalized spacial score (nSPS) is 22.1. The van der Waals surface area contributed by atoms with Crippen molar-refractivity contribution in [3.63, 3.8) is 0 Å². The van der Waals surface area contributed by atoms with Gasteiger partial charge < -0.3 is 5.32 Å². The lowest BCUT2D eigenvalue weighted by atomic mass is 9.99. The number of aryl methyl sites for hydroxylation is 1. The highest BCUT2D eigenvalue weighted by Gasteiger charge is 2.36. The van der Waals surface area contributed by atoms with Gasteiger partial charge >= 0.3 is 0 Å². The summed E-state index contributed by atoms with van der Waals surface area (Å²) in [5.74, 6) is 0. The molecule has 1 aliphatic heterocycles. The van der Waals surface area contributed by atoms with Crippen LogP contribution in [0.1, 0.15) is 38.7 Å². The molecular weight excluding hydrogens is 284 g/mol. The van der Waals surface area contributed by atoms with Crippen LogP contribution in [0, 0.1) is 6.92 Å². The topological polar surface area (TPSA) is 49.4 Å². The van der Waals surface area contributed by atoms with E-state index in [2.05, 4.69) is 19.2 Å². The summed E-state index contributed by atoms with van der Waals surface area (Å²) in [5, 5.41) is 3.38. The molecule has 21 heavy (non-hydrogen) atoms. The van der Waals surface area contributed by atoms with Gasteiger partial charge in [0.05, 0.1) is 4.90 Å². The Morgan fingerprint density at radius 2 is 2.05 bits per heavy atom. The number of piperidine rings is 1. The monoisotopic (exact) mass is 310 g/mol. The lowest BCUT2D eigenvalue weighted by Crippen LogP contribution is -2.53. The van der Waals surface area contributed by atoms with Crippen molar-refractivity contribution < 1.29 is 8.42 Å². The number of hydrogen-bond acceptors (Lipinski definition) is 3. The molecule has 1 fully saturated rings. The molecular formula is C16H26N2O2S. The number of nitrogens with zero attached hydrogens (tertiary/aromatic N) is 1. The minimum absolute atomic E-state index is 0.0447. The Kier molecular flexibility index (Phi) is 5.41. The number of hydrogen-bond donors (Lipinski definition) is 1. The Balaban J connectivity index is 2.34. The van der Waals surface area contributed by atoms with E-state index < -0.39 is 10.0 Å². The average Bonchev–Trinajstić information content (AvgIpc) is 2.48. The van der Waals surface area contributed by atoms with Crippen LogP contribution in [0.15, 0.2) is 29.2 Å². The largest absolute Gasteiger partial charge is 0.313 e. The van der Waals surface area contributed by atoms with E-state index in [-0.39, 0.29) is 12.1 Å². The molecule has 4 nitrogen and oxygen atoms in total. The second-order valence-electron chi connectivity index (χ2n) is 5.79. The van der Waals surface area contributed by atoms with E-state index in [0.29, 0.717) is 11.4 Å². The Morgan fingerprint density at radius 3 is 2.71 bits per heavy atom. The van der Waals surface area contributed by atoms with Crippen LogP contribution in [0.5, 0.6) is 0 Å². The molecule has 1 saturated heterocycles. The van der Waals surface area contributed by atoms with Gasteiger partial charge in [-0.3, -0.25) is 0 Å². The summed E-state index contributed by atoms with van der Waals surface area (Å²) in [6.07, 6.45) is 2.97. The SMILES string of the molecule is CCNC(C)C1CCCCN1S(=O)(=O)c1ccccc1C. The zero-order valence-electron chi connectivity index (χ0n) is 13.2. The van der Waals surface area contributed by atoms with Crippen molar-refractivity contribution in [2.75, 3.05) is 13.1 Å². The van der Waals surface area contributed by atoms with E-state index in [4.69, 9.17) is 0 Å². The van der Waals surface area contributed by atoms with Crippen LogP contribution in [-0.2, 0) is 10.0 Å². The molecule has 118 valence electrons. The molecule has 2 unspecified atom stereocenters. The first-order valence-corrected chi connectivity index (χ1v) is 9.23. The van der Waals surface area contributed by atoms with Crippen LogP contribution in [0.25, 0.3) is 0 Å². The lowest BCUT2D eigenvalue weighted by molar-refractivity contribution is 0.210. The minimum Gasteiger partial charge on any atom is -0.313 e. The molecule has 1 aromatic carbocycles. The van der Waals surface area contributed by atoms with Crippen molar-refractivity contribution >= 4 is 10.0 Å². The zero-order valence-corrected chi connectivity index (χ0v) is 14.0. The van der Waals surface area contributed by atoms with Gasteiger partial charge in [0.15, 0.2) is 0 Å². The third kappa shape index (κ3) is 3.47. The summed E-state index contributed by atoms with van der Waals surface area (Å²) in [7, 11) is -3.41. The molecule has 0 bridgehead atoms. The third-order valence-electron chi connectivity index (χ3n) is 4.28. The molecule has 0 amide bonds. The van der Waals surface area contributed by atoms with Crippen LogP contribution in [-0.4, -0.2) is 37.9 Å². The number of rotatable bonds is 5. The second kappa shape index (κ2) is 6.90. The quantitative estimate of drug-likeness (QED) is 0.909. The number of nitrogens with one attached hydrogen (secondary N) is 1. The third-order valence-corrected chi connectivity index (χ3v) is 6.37. The zero-order chi connectivity index (χ0) is 15.5. The van der Waals surface area contributed by atoms with Crippen LogP contribution in [0.4, 0.5) is 0 Å². The molecule has 1 aliphatic rings. The van der Waals surface area contributed by atoms with E-state index in [1.54, 1.807) is 16.4 Å². The van der Waals surface area contributed by atoms with Gasteiger partial charge in [-0.1, -0.05) is 31.5 Å². The van der Waals surface area contributed by atoms with Crippen molar-refractivity contribution in [1.82, 2.24) is 9.62 Å². The maximum absolute atomic E-state index is 13.0. The molecule has 1 heterocycles. The summed E-state index contributed by atoms with van der Waals surface area (Å²) in [5.41, 5.74) is 0.818. The van der Waals surface area contributed by atoms with Crippen LogP contribution >= 0.6 is 0 Å². The Bertz CT molecular complexity index is 571. The molecule has 0 aliphatic carbocycles. The molecule has 0 radical (unpaired) electrons. The number of sulfonamides is 1. The molecule has 1 N–H and O–H groups in total. The lowest BCUT2D eigenvalue weighted by Gasteiger charge is -2.38. The molecule has 0 saturated carbocycles. The molecule has 2 atom stereocenters. The first-order chi connectivity index (χ1) is 9.98. The Labute approximate surface area is 128 Å². The number of benzene rings is 1. The fourth-order valence-corrected chi connectivity index (χ4v) is 5.15. The molecule has 5 heteroatoms. The smallest absolute Gasteiger partial charge is 0.243 e. The van der Waals surface area contributed by atoms with Gasteiger partial charge in [-0.2, -0.15) is 4.31 Å². The first kappa shape index (κ1) is 16.5. The van der Waals surface area contributed by atoms with Crippen molar-refractivity contribution in [3.8, 4) is 0 Å². The standard InChI is InChI=1S/C16H26N2O2S/c1-4-17-14(3)15-10-7-8-12-18(15)21(19,20)16-11-6-5-9-13(16)2/h5-6,9,11,14-15,17H,4,7-8,10,12H2,1-3H3. The highest BCUT2D eigenvalue weighted by molar-refractivity contribution is 7.89. The van der Waals surface area contributed by atoms with E-state index in [1.807, 2.05) is 19.1 Å². The fraction of sp³-hybridized carbons (Fsp3) is 0.625. The van der Waals surface area contributed by atoms with Crippen LogP contribution < -0.4 is 5.32 Å². The van der Waals surface area contributed by atoms with Crippen molar-refractivity contribution in [2.45, 2.75) is 57.0 Å². The molecule has 0 spiro atoms. The summed E-state index contributed by atoms with van der Waals surface area (Å²) in [6.45, 7) is 7.48. The minimum atomic E-state index is -3.41. The summed E-state index contributed by atoms with van der Waals surface area (Å²) in [6, 6.07) is 7.47. The van der Waals surface area contributed by atoms with E-state index in [0.717, 1.165) is 31.4 Å². The summed E-state index contributed by atoms with van der Waals surface area (Å²) < 4.78 is 27.8. The maximum atomic E-state index is 13.0. The van der Waals surface area contributed by atoms with Crippen molar-refractivity contribution in [3.05, 3.63) is 29.8 Å². The van der Waals surface area contributed by atoms with Crippen LogP contribution in [0.3, 0.4) is 0 Å². The number of likely N-dealkylation sites (N-methyl/N-ethyl adjacent to an activating group) is 1. The van der Waals surface area contributed by atoms with Crippen molar-refractivity contribution in [1.29, 1.82) is 0 Å². The molecule has 0 aromatic heterocycles. The van der Waals surface area contributed by atoms with E-state index >= 15 is 0 Å². The highest BCUT2D eigenvalue weighted by Crippen LogP contribution is 2.28. The highest BCUT2D eigenvalue weighted by atomic mass is 32.2. The summed E-state index contributed by atoms with van der Waals surface area (Å²) in [4.78, 5) is 0.445. The second-order valence-corrected chi connectivity index (χ2v) is 7.65. The van der Waals surface area contributed by atoms with Gasteiger partial charge in [0, 0.05) is 18.6 Å². The van der Waals surface area contributed by atoms with Gasteiger partial charge in [-0.05, 0) is 44.9 Å². The fourth-order valence-electron chi connectivity index (χ4n) is 3.16. The van der Waals surface area contributed by atoms with Gasteiger partial charge in [-0.25, -0.2) is 8.42 Å².